The number of benzene rings is 2. The summed E-state index contributed by atoms with van der Waals surface area (Å²) in [5, 5.41) is 19.5. The van der Waals surface area contributed by atoms with Gasteiger partial charge in [-0.25, -0.2) is 4.68 Å². The molecule has 1 aromatic heterocycles. The average Bonchev–Trinajstić information content (AvgIpc) is 3.13. The molecule has 0 radical (unpaired) electrons. The van der Waals surface area contributed by atoms with Crippen LogP contribution in [-0.2, 0) is 0 Å². The van der Waals surface area contributed by atoms with Gasteiger partial charge in [0.15, 0.2) is 0 Å². The minimum Gasteiger partial charge on any atom is -0.545 e. The van der Waals surface area contributed by atoms with Gasteiger partial charge in [-0.2, -0.15) is 0 Å². The number of nitrogens with zero attached hydrogens (tertiary/aromatic N) is 3. The third-order valence-electron chi connectivity index (χ3n) is 4.33. The number of hydrogen-bond acceptors (Lipinski definition) is 6. The molecule has 8 heteroatoms. The van der Waals surface area contributed by atoms with Crippen molar-refractivity contribution in [1.29, 1.82) is 0 Å². The zero-order valence-corrected chi connectivity index (χ0v) is 17.9. The Morgan fingerprint density at radius 3 is 2.41 bits per heavy atom. The van der Waals surface area contributed by atoms with Crippen LogP contribution in [0.15, 0.2) is 36.5 Å². The number of carbonyl (C=O) groups excluding carboxylic acids is 1. The van der Waals surface area contributed by atoms with Crippen molar-refractivity contribution in [3.63, 3.8) is 0 Å². The zero-order valence-electron chi connectivity index (χ0n) is 15.9. The molecule has 0 atom stereocenters. The summed E-state index contributed by atoms with van der Waals surface area (Å²) in [6, 6.07) is 8.65. The van der Waals surface area contributed by atoms with E-state index in [0.29, 0.717) is 11.3 Å². The number of aryl methyl sites for hydroxylation is 1. The van der Waals surface area contributed by atoms with Crippen molar-refractivity contribution < 1.29 is 48.9 Å². The summed E-state index contributed by atoms with van der Waals surface area (Å²) >= 11 is 0. The molecule has 0 aliphatic rings. The van der Waals surface area contributed by atoms with E-state index in [9.17, 15) is 9.90 Å². The second-order valence-corrected chi connectivity index (χ2v) is 5.82. The third-order valence-corrected chi connectivity index (χ3v) is 4.33. The number of carbonyl (C=O) groups is 1. The maximum atomic E-state index is 11.4. The third kappa shape index (κ3) is 4.00. The first-order chi connectivity index (χ1) is 12.5. The summed E-state index contributed by atoms with van der Waals surface area (Å²) in [7, 11) is 3.03. The quantitative estimate of drug-likeness (QED) is 0.528. The topological polar surface area (TPSA) is 89.3 Å². The van der Waals surface area contributed by atoms with Gasteiger partial charge in [0.2, 0.25) is 0 Å². The molecule has 27 heavy (non-hydrogen) atoms. The maximum absolute atomic E-state index is 11.4. The largest absolute Gasteiger partial charge is 1.00 e. The smallest absolute Gasteiger partial charge is 0.545 e. The number of aromatic nitrogens is 3. The van der Waals surface area contributed by atoms with Gasteiger partial charge in [0.1, 0.15) is 11.5 Å². The number of methoxy groups -OCH3 is 2. The SMILES string of the molecule is COc1ccc(-c2cnnn2-c2cc(C)c(C)c(OC)c2)cc1C(=O)[O-].[Na+]. The summed E-state index contributed by atoms with van der Waals surface area (Å²) in [5.41, 5.74) is 4.10. The normalized spacial score (nSPS) is 10.2. The predicted octanol–water partition coefficient (Wildman–Crippen LogP) is -1.06. The molecule has 0 N–H and O–H groups in total. The molecule has 0 bridgehead atoms. The minimum atomic E-state index is -1.31. The van der Waals surface area contributed by atoms with E-state index in [1.807, 2.05) is 26.0 Å². The van der Waals surface area contributed by atoms with Gasteiger partial charge < -0.3 is 19.4 Å². The van der Waals surface area contributed by atoms with E-state index < -0.39 is 5.97 Å². The zero-order chi connectivity index (χ0) is 18.8. The fourth-order valence-electron chi connectivity index (χ4n) is 2.79. The fraction of sp³-hybridized carbons (Fsp3) is 0.211. The molecule has 0 saturated heterocycles. The molecular formula is C19H18N3NaO4. The summed E-state index contributed by atoms with van der Waals surface area (Å²) < 4.78 is 12.1. The fourth-order valence-corrected chi connectivity index (χ4v) is 2.79. The van der Waals surface area contributed by atoms with Crippen LogP contribution in [0.4, 0.5) is 0 Å². The second kappa shape index (κ2) is 8.56. The molecule has 0 amide bonds. The van der Waals surface area contributed by atoms with Crippen LogP contribution in [0.5, 0.6) is 11.5 Å². The van der Waals surface area contributed by atoms with Crippen molar-refractivity contribution >= 4 is 5.97 Å². The van der Waals surface area contributed by atoms with Gasteiger partial charge in [-0.3, -0.25) is 0 Å². The molecule has 0 fully saturated rings. The van der Waals surface area contributed by atoms with Gasteiger partial charge in [-0.15, -0.1) is 5.10 Å². The Morgan fingerprint density at radius 1 is 1.07 bits per heavy atom. The molecule has 3 aromatic rings. The van der Waals surface area contributed by atoms with Crippen molar-refractivity contribution in [3.8, 4) is 28.4 Å². The number of carboxylic acid groups (broad SMARTS) is 1. The molecule has 134 valence electrons. The van der Waals surface area contributed by atoms with Gasteiger partial charge in [0, 0.05) is 17.2 Å². The molecular weight excluding hydrogens is 357 g/mol. The number of ether oxygens (including phenoxy) is 2. The van der Waals surface area contributed by atoms with E-state index in [-0.39, 0.29) is 40.9 Å². The van der Waals surface area contributed by atoms with Gasteiger partial charge >= 0.3 is 29.6 Å². The molecule has 0 aliphatic carbocycles. The van der Waals surface area contributed by atoms with Crippen molar-refractivity contribution in [3.05, 3.63) is 53.2 Å². The van der Waals surface area contributed by atoms with Crippen LogP contribution < -0.4 is 44.1 Å². The monoisotopic (exact) mass is 375 g/mol. The van der Waals surface area contributed by atoms with E-state index in [0.717, 1.165) is 22.6 Å². The van der Waals surface area contributed by atoms with Crippen LogP contribution in [0.25, 0.3) is 16.9 Å². The van der Waals surface area contributed by atoms with Gasteiger partial charge in [0.25, 0.3) is 0 Å². The first kappa shape index (κ1) is 21.0. The number of aromatic carboxylic acids is 1. The first-order valence-corrected chi connectivity index (χ1v) is 7.92. The summed E-state index contributed by atoms with van der Waals surface area (Å²) in [4.78, 5) is 11.4. The van der Waals surface area contributed by atoms with Gasteiger partial charge in [-0.1, -0.05) is 5.21 Å². The molecule has 0 saturated carbocycles. The Bertz CT molecular complexity index is 985. The molecule has 0 aliphatic heterocycles. The van der Waals surface area contributed by atoms with E-state index in [1.165, 1.54) is 13.2 Å². The Balaban J connectivity index is 0.00000261. The van der Waals surface area contributed by atoms with Crippen LogP contribution in [0.2, 0.25) is 0 Å². The summed E-state index contributed by atoms with van der Waals surface area (Å²) in [5.74, 6) is -0.331. The van der Waals surface area contributed by atoms with E-state index in [2.05, 4.69) is 10.3 Å². The Kier molecular flexibility index (Phi) is 6.64. The Hall–Kier alpha value is -2.35. The van der Waals surface area contributed by atoms with E-state index >= 15 is 0 Å². The molecule has 2 aromatic carbocycles. The summed E-state index contributed by atoms with van der Waals surface area (Å²) in [6.07, 6.45) is 1.57. The van der Waals surface area contributed by atoms with Crippen molar-refractivity contribution in [2.45, 2.75) is 13.8 Å². The number of hydrogen-bond donors (Lipinski definition) is 0. The van der Waals surface area contributed by atoms with Crippen LogP contribution in [0.1, 0.15) is 21.5 Å². The molecule has 1 heterocycles. The molecule has 0 spiro atoms. The van der Waals surface area contributed by atoms with Crippen molar-refractivity contribution in [2.75, 3.05) is 14.2 Å². The van der Waals surface area contributed by atoms with Crippen LogP contribution in [-0.4, -0.2) is 35.2 Å². The standard InChI is InChI=1S/C19H19N3O4.Na/c1-11-7-14(9-18(26-4)12(11)2)22-16(10-20-21-22)13-5-6-17(25-3)15(8-13)19(23)24;/h5-10H,1-4H3,(H,23,24);/q;+1/p-1. The minimum absolute atomic E-state index is 0. The van der Waals surface area contributed by atoms with Crippen LogP contribution >= 0.6 is 0 Å². The molecule has 0 unspecified atom stereocenters. The van der Waals surface area contributed by atoms with Crippen molar-refractivity contribution in [2.24, 2.45) is 0 Å². The number of rotatable bonds is 5. The maximum Gasteiger partial charge on any atom is 1.00 e. The first-order valence-electron chi connectivity index (χ1n) is 7.92. The van der Waals surface area contributed by atoms with Crippen molar-refractivity contribution in [1.82, 2.24) is 15.0 Å². The summed E-state index contributed by atoms with van der Waals surface area (Å²) in [6.45, 7) is 3.97. The van der Waals surface area contributed by atoms with Crippen LogP contribution in [0.3, 0.4) is 0 Å². The number of carboxylic acids is 1. The molecule has 3 rings (SSSR count). The Morgan fingerprint density at radius 2 is 1.78 bits per heavy atom. The second-order valence-electron chi connectivity index (χ2n) is 5.82. The van der Waals surface area contributed by atoms with Crippen LogP contribution in [0, 0.1) is 13.8 Å². The van der Waals surface area contributed by atoms with Gasteiger partial charge in [0.05, 0.1) is 37.8 Å². The van der Waals surface area contributed by atoms with E-state index in [1.54, 1.807) is 30.1 Å². The Labute approximate surface area is 179 Å². The molecule has 7 nitrogen and oxygen atoms in total. The van der Waals surface area contributed by atoms with E-state index in [4.69, 9.17) is 9.47 Å². The van der Waals surface area contributed by atoms with Gasteiger partial charge in [-0.05, 0) is 49.2 Å². The predicted molar refractivity (Wildman–Crippen MR) is 93.7 cm³/mol. The average molecular weight is 375 g/mol.